The van der Waals surface area contributed by atoms with Crippen LogP contribution < -0.4 is 0 Å². The second kappa shape index (κ2) is 5.38. The van der Waals surface area contributed by atoms with Crippen molar-refractivity contribution in [3.63, 3.8) is 0 Å². The summed E-state index contributed by atoms with van der Waals surface area (Å²) in [4.78, 5) is 11.3. The van der Waals surface area contributed by atoms with Gasteiger partial charge in [0.15, 0.2) is 5.60 Å². The quantitative estimate of drug-likeness (QED) is 0.811. The van der Waals surface area contributed by atoms with E-state index < -0.39 is 5.60 Å². The Morgan fingerprint density at radius 3 is 2.58 bits per heavy atom. The van der Waals surface area contributed by atoms with Crippen molar-refractivity contribution in [3.8, 4) is 0 Å². The van der Waals surface area contributed by atoms with E-state index in [9.17, 15) is 15.0 Å². The molecule has 0 heterocycles. The molecule has 0 radical (unpaired) electrons. The van der Waals surface area contributed by atoms with Crippen LogP contribution in [0.1, 0.15) is 12.0 Å². The SMILES string of the molecule is COC1(CO)CC(C=O)=C(c2ccccc2)C=C1O. The third kappa shape index (κ3) is 2.32. The van der Waals surface area contributed by atoms with E-state index >= 15 is 0 Å². The van der Waals surface area contributed by atoms with Crippen LogP contribution in [-0.4, -0.2) is 35.8 Å². The standard InChI is InChI=1S/C15H16O4/c1-19-15(10-17)8-12(9-16)13(7-14(15)18)11-5-3-2-4-6-11/h2-7,9,17-18H,8,10H2,1H3. The van der Waals surface area contributed by atoms with Gasteiger partial charge in [0.25, 0.3) is 0 Å². The molecule has 4 nitrogen and oxygen atoms in total. The van der Waals surface area contributed by atoms with Crippen molar-refractivity contribution in [3.05, 3.63) is 53.3 Å². The van der Waals surface area contributed by atoms with Gasteiger partial charge in [0, 0.05) is 19.1 Å². The number of methoxy groups -OCH3 is 1. The van der Waals surface area contributed by atoms with E-state index in [0.29, 0.717) is 11.1 Å². The summed E-state index contributed by atoms with van der Waals surface area (Å²) in [5, 5.41) is 19.5. The molecule has 1 aliphatic carbocycles. The maximum Gasteiger partial charge on any atom is 0.151 e. The summed E-state index contributed by atoms with van der Waals surface area (Å²) in [7, 11) is 1.40. The molecule has 0 fully saturated rings. The first-order valence-electron chi connectivity index (χ1n) is 5.98. The largest absolute Gasteiger partial charge is 0.509 e. The Labute approximate surface area is 111 Å². The minimum Gasteiger partial charge on any atom is -0.509 e. The number of benzene rings is 1. The number of carbonyl (C=O) groups excluding carboxylic acids is 1. The van der Waals surface area contributed by atoms with Gasteiger partial charge in [0.2, 0.25) is 0 Å². The lowest BCUT2D eigenvalue weighted by Crippen LogP contribution is -2.40. The highest BCUT2D eigenvalue weighted by Crippen LogP contribution is 2.36. The molecule has 0 saturated carbocycles. The third-order valence-corrected chi connectivity index (χ3v) is 3.44. The molecule has 1 aliphatic rings. The van der Waals surface area contributed by atoms with E-state index in [1.165, 1.54) is 13.2 Å². The summed E-state index contributed by atoms with van der Waals surface area (Å²) in [5.74, 6) is -0.0676. The van der Waals surface area contributed by atoms with Gasteiger partial charge >= 0.3 is 0 Å². The molecule has 100 valence electrons. The van der Waals surface area contributed by atoms with Crippen LogP contribution >= 0.6 is 0 Å². The predicted molar refractivity (Wildman–Crippen MR) is 71.6 cm³/mol. The van der Waals surface area contributed by atoms with Crippen LogP contribution in [0.3, 0.4) is 0 Å². The van der Waals surface area contributed by atoms with E-state index in [4.69, 9.17) is 4.74 Å². The molecule has 1 atom stereocenters. The highest BCUT2D eigenvalue weighted by atomic mass is 16.5. The zero-order valence-electron chi connectivity index (χ0n) is 10.7. The molecule has 0 spiro atoms. The van der Waals surface area contributed by atoms with E-state index in [1.54, 1.807) is 0 Å². The van der Waals surface area contributed by atoms with Crippen LogP contribution in [0.5, 0.6) is 0 Å². The monoisotopic (exact) mass is 260 g/mol. The number of allylic oxidation sites excluding steroid dienone is 2. The molecule has 2 rings (SSSR count). The van der Waals surface area contributed by atoms with Gasteiger partial charge < -0.3 is 14.9 Å². The lowest BCUT2D eigenvalue weighted by Gasteiger charge is -2.33. The molecule has 0 amide bonds. The first-order valence-corrected chi connectivity index (χ1v) is 5.98. The molecule has 0 aliphatic heterocycles. The first kappa shape index (κ1) is 13.5. The fourth-order valence-electron chi connectivity index (χ4n) is 2.22. The van der Waals surface area contributed by atoms with Crippen LogP contribution in [0.2, 0.25) is 0 Å². The second-order valence-electron chi connectivity index (χ2n) is 4.49. The number of aldehydes is 1. The lowest BCUT2D eigenvalue weighted by atomic mass is 9.83. The molecule has 0 aromatic heterocycles. The normalized spacial score (nSPS) is 23.2. The predicted octanol–water partition coefficient (Wildman–Crippen LogP) is 1.86. The minimum absolute atomic E-state index is 0.0676. The zero-order chi connectivity index (χ0) is 13.9. The van der Waals surface area contributed by atoms with Crippen LogP contribution in [0.4, 0.5) is 0 Å². The topological polar surface area (TPSA) is 66.8 Å². The van der Waals surface area contributed by atoms with Gasteiger partial charge in [0.05, 0.1) is 6.61 Å². The van der Waals surface area contributed by atoms with Gasteiger partial charge in [-0.05, 0) is 17.2 Å². The van der Waals surface area contributed by atoms with Crippen LogP contribution in [0.15, 0.2) is 47.7 Å². The maximum atomic E-state index is 11.3. The molecule has 2 N–H and O–H groups in total. The number of ether oxygens (including phenoxy) is 1. The van der Waals surface area contributed by atoms with Gasteiger partial charge in [-0.25, -0.2) is 0 Å². The highest BCUT2D eigenvalue weighted by molar-refractivity contribution is 5.93. The number of carbonyl (C=O) groups is 1. The third-order valence-electron chi connectivity index (χ3n) is 3.44. The Kier molecular flexibility index (Phi) is 3.83. The Balaban J connectivity index is 2.51. The molecule has 19 heavy (non-hydrogen) atoms. The lowest BCUT2D eigenvalue weighted by molar-refractivity contribution is -0.106. The van der Waals surface area contributed by atoms with Crippen molar-refractivity contribution < 1.29 is 19.7 Å². The maximum absolute atomic E-state index is 11.3. The molecular weight excluding hydrogens is 244 g/mol. The van der Waals surface area contributed by atoms with Crippen molar-refractivity contribution in [1.82, 2.24) is 0 Å². The molecule has 0 bridgehead atoms. The molecule has 1 aromatic rings. The second-order valence-corrected chi connectivity index (χ2v) is 4.49. The first-order chi connectivity index (χ1) is 9.16. The number of hydrogen-bond acceptors (Lipinski definition) is 4. The summed E-state index contributed by atoms with van der Waals surface area (Å²) in [5.41, 5.74) is 0.794. The summed E-state index contributed by atoms with van der Waals surface area (Å²) in [6.07, 6.45) is 2.38. The summed E-state index contributed by atoms with van der Waals surface area (Å²) in [6, 6.07) is 9.33. The Hall–Kier alpha value is -1.91. The molecule has 0 saturated heterocycles. The number of aliphatic hydroxyl groups excluding tert-OH is 2. The van der Waals surface area contributed by atoms with Crippen molar-refractivity contribution in [2.75, 3.05) is 13.7 Å². The molecular formula is C15H16O4. The molecule has 4 heteroatoms. The van der Waals surface area contributed by atoms with Crippen molar-refractivity contribution >= 4 is 11.9 Å². The van der Waals surface area contributed by atoms with Gasteiger partial charge in [-0.3, -0.25) is 4.79 Å². The Morgan fingerprint density at radius 1 is 1.37 bits per heavy atom. The number of rotatable bonds is 4. The minimum atomic E-state index is -1.21. The van der Waals surface area contributed by atoms with Crippen LogP contribution in [0, 0.1) is 0 Å². The van der Waals surface area contributed by atoms with Crippen molar-refractivity contribution in [1.29, 1.82) is 0 Å². The fraction of sp³-hybridized carbons (Fsp3) is 0.267. The smallest absolute Gasteiger partial charge is 0.151 e. The van der Waals surface area contributed by atoms with Crippen LogP contribution in [-0.2, 0) is 9.53 Å². The van der Waals surface area contributed by atoms with Gasteiger partial charge in [-0.2, -0.15) is 0 Å². The Morgan fingerprint density at radius 2 is 2.05 bits per heavy atom. The number of hydrogen-bond donors (Lipinski definition) is 2. The van der Waals surface area contributed by atoms with Crippen LogP contribution in [0.25, 0.3) is 5.57 Å². The average Bonchev–Trinajstić information content (AvgIpc) is 2.48. The van der Waals surface area contributed by atoms with Crippen molar-refractivity contribution in [2.24, 2.45) is 0 Å². The van der Waals surface area contributed by atoms with Gasteiger partial charge in [0.1, 0.15) is 12.0 Å². The average molecular weight is 260 g/mol. The summed E-state index contributed by atoms with van der Waals surface area (Å²) >= 11 is 0. The zero-order valence-corrected chi connectivity index (χ0v) is 10.7. The van der Waals surface area contributed by atoms with E-state index in [-0.39, 0.29) is 18.8 Å². The van der Waals surface area contributed by atoms with E-state index in [1.807, 2.05) is 30.3 Å². The number of aliphatic hydroxyl groups is 2. The van der Waals surface area contributed by atoms with Crippen molar-refractivity contribution in [2.45, 2.75) is 12.0 Å². The summed E-state index contributed by atoms with van der Waals surface area (Å²) < 4.78 is 5.20. The van der Waals surface area contributed by atoms with E-state index in [0.717, 1.165) is 11.8 Å². The van der Waals surface area contributed by atoms with Gasteiger partial charge in [-0.15, -0.1) is 0 Å². The fourth-order valence-corrected chi connectivity index (χ4v) is 2.22. The highest BCUT2D eigenvalue weighted by Gasteiger charge is 2.39. The van der Waals surface area contributed by atoms with Gasteiger partial charge in [-0.1, -0.05) is 30.3 Å². The molecule has 1 aromatic carbocycles. The molecule has 1 unspecified atom stereocenters. The summed E-state index contributed by atoms with van der Waals surface area (Å²) in [6.45, 7) is -0.384. The van der Waals surface area contributed by atoms with E-state index in [2.05, 4.69) is 0 Å². The Bertz CT molecular complexity index is 524.